The molecule has 104 valence electrons. The van der Waals surface area contributed by atoms with E-state index in [1.54, 1.807) is 6.92 Å². The molecule has 0 N–H and O–H groups in total. The highest BCUT2D eigenvalue weighted by atomic mass is 16.1. The molecule has 2 nitrogen and oxygen atoms in total. The molecule has 1 aliphatic rings. The summed E-state index contributed by atoms with van der Waals surface area (Å²) in [6.07, 6.45) is 1.05. The number of carbonyl (C=O) groups excluding carboxylic acids is 1. The molecule has 2 heterocycles. The zero-order valence-electron chi connectivity index (χ0n) is 12.3. The van der Waals surface area contributed by atoms with Gasteiger partial charge in [0.2, 0.25) is 0 Å². The van der Waals surface area contributed by atoms with E-state index in [4.69, 9.17) is 0 Å². The van der Waals surface area contributed by atoms with Crippen molar-refractivity contribution in [3.8, 4) is 11.3 Å². The summed E-state index contributed by atoms with van der Waals surface area (Å²) in [7, 11) is 0. The van der Waals surface area contributed by atoms with Crippen molar-refractivity contribution in [2.24, 2.45) is 0 Å². The smallest absolute Gasteiger partial charge is 0.159 e. The lowest BCUT2D eigenvalue weighted by atomic mass is 9.96. The third-order valence-corrected chi connectivity index (χ3v) is 4.60. The predicted molar refractivity (Wildman–Crippen MR) is 85.8 cm³/mol. The number of aryl methyl sites for hydroxylation is 3. The normalized spacial score (nSPS) is 13.0. The first-order valence-corrected chi connectivity index (χ1v) is 7.39. The summed E-state index contributed by atoms with van der Waals surface area (Å²) in [5.74, 6) is 0.126. The van der Waals surface area contributed by atoms with Crippen LogP contribution in [0.1, 0.15) is 28.4 Å². The highest BCUT2D eigenvalue weighted by molar-refractivity contribution is 6.00. The van der Waals surface area contributed by atoms with Gasteiger partial charge in [-0.2, -0.15) is 0 Å². The van der Waals surface area contributed by atoms with Gasteiger partial charge in [-0.1, -0.05) is 36.4 Å². The molecule has 0 bridgehead atoms. The van der Waals surface area contributed by atoms with Crippen molar-refractivity contribution in [2.45, 2.75) is 26.8 Å². The molecule has 2 aromatic carbocycles. The van der Waals surface area contributed by atoms with Gasteiger partial charge in [0, 0.05) is 28.6 Å². The Morgan fingerprint density at radius 2 is 1.95 bits per heavy atom. The molecule has 0 saturated heterocycles. The number of hydrogen-bond donors (Lipinski definition) is 0. The van der Waals surface area contributed by atoms with Crippen molar-refractivity contribution in [1.29, 1.82) is 0 Å². The van der Waals surface area contributed by atoms with Crippen molar-refractivity contribution in [1.82, 2.24) is 4.57 Å². The maximum atomic E-state index is 11.7. The van der Waals surface area contributed by atoms with Crippen LogP contribution in [0.25, 0.3) is 22.2 Å². The highest BCUT2D eigenvalue weighted by Crippen LogP contribution is 2.38. The van der Waals surface area contributed by atoms with E-state index in [-0.39, 0.29) is 5.78 Å². The molecule has 2 heteroatoms. The Hall–Kier alpha value is -2.35. The lowest BCUT2D eigenvalue weighted by Crippen LogP contribution is -2.10. The number of ketones is 1. The average Bonchev–Trinajstić information content (AvgIpc) is 2.80. The van der Waals surface area contributed by atoms with Gasteiger partial charge in [-0.15, -0.1) is 0 Å². The molecule has 21 heavy (non-hydrogen) atoms. The van der Waals surface area contributed by atoms with Crippen molar-refractivity contribution in [2.75, 3.05) is 0 Å². The lowest BCUT2D eigenvalue weighted by Gasteiger charge is -2.20. The van der Waals surface area contributed by atoms with Gasteiger partial charge in [-0.05, 0) is 37.5 Å². The quantitative estimate of drug-likeness (QED) is 0.604. The van der Waals surface area contributed by atoms with Gasteiger partial charge in [0.1, 0.15) is 0 Å². The summed E-state index contributed by atoms with van der Waals surface area (Å²) >= 11 is 0. The van der Waals surface area contributed by atoms with Gasteiger partial charge in [0.15, 0.2) is 5.78 Å². The van der Waals surface area contributed by atoms with Crippen LogP contribution in [0, 0.1) is 6.92 Å². The Morgan fingerprint density at radius 3 is 2.76 bits per heavy atom. The second kappa shape index (κ2) is 4.32. The molecular formula is C19H17NO. The van der Waals surface area contributed by atoms with Gasteiger partial charge in [-0.3, -0.25) is 4.79 Å². The van der Waals surface area contributed by atoms with Crippen LogP contribution >= 0.6 is 0 Å². The molecular weight excluding hydrogens is 258 g/mol. The summed E-state index contributed by atoms with van der Waals surface area (Å²) in [6.45, 7) is 4.80. The van der Waals surface area contributed by atoms with Gasteiger partial charge < -0.3 is 4.57 Å². The number of benzene rings is 2. The van der Waals surface area contributed by atoms with Crippen LogP contribution in [0.5, 0.6) is 0 Å². The molecule has 0 aliphatic carbocycles. The first-order valence-electron chi connectivity index (χ1n) is 7.39. The number of fused-ring (bicyclic) bond motifs is 5. The van der Waals surface area contributed by atoms with Crippen LogP contribution in [0.2, 0.25) is 0 Å². The van der Waals surface area contributed by atoms with Gasteiger partial charge in [0.25, 0.3) is 0 Å². The fourth-order valence-electron chi connectivity index (χ4n) is 3.52. The topological polar surface area (TPSA) is 22.0 Å². The molecule has 3 aromatic rings. The highest BCUT2D eigenvalue weighted by Gasteiger charge is 2.21. The van der Waals surface area contributed by atoms with Gasteiger partial charge in [0.05, 0.1) is 5.69 Å². The molecule has 0 unspecified atom stereocenters. The fraction of sp³-hybridized carbons (Fsp3) is 0.211. The molecule has 0 atom stereocenters. The summed E-state index contributed by atoms with van der Waals surface area (Å²) in [5.41, 5.74) is 7.36. The van der Waals surface area contributed by atoms with Crippen LogP contribution in [0.3, 0.4) is 0 Å². The number of rotatable bonds is 1. The molecule has 4 rings (SSSR count). The monoisotopic (exact) mass is 275 g/mol. The minimum atomic E-state index is 0.126. The fourth-order valence-corrected chi connectivity index (χ4v) is 3.52. The number of carbonyl (C=O) groups is 1. The number of nitrogens with zero attached hydrogens (tertiary/aromatic N) is 1. The van der Waals surface area contributed by atoms with Gasteiger partial charge >= 0.3 is 0 Å². The maximum Gasteiger partial charge on any atom is 0.159 e. The lowest BCUT2D eigenvalue weighted by molar-refractivity contribution is 0.101. The number of aromatic nitrogens is 1. The van der Waals surface area contributed by atoms with E-state index < -0.39 is 0 Å². The second-order valence-electron chi connectivity index (χ2n) is 5.82. The Labute approximate surface area is 124 Å². The van der Waals surface area contributed by atoms with Crippen molar-refractivity contribution >= 4 is 16.7 Å². The van der Waals surface area contributed by atoms with Gasteiger partial charge in [-0.25, -0.2) is 0 Å². The molecule has 0 saturated carbocycles. The SMILES string of the molecule is CC(=O)c1ccc2c(C)c3n(c2c1)CCc1ccccc1-3. The summed E-state index contributed by atoms with van der Waals surface area (Å²) in [4.78, 5) is 11.7. The largest absolute Gasteiger partial charge is 0.340 e. The van der Waals surface area contributed by atoms with Crippen molar-refractivity contribution in [3.63, 3.8) is 0 Å². The molecule has 1 aromatic heterocycles. The van der Waals surface area contributed by atoms with Crippen LogP contribution < -0.4 is 0 Å². The first kappa shape index (κ1) is 12.4. The Balaban J connectivity index is 2.08. The van der Waals surface area contributed by atoms with E-state index in [1.807, 2.05) is 12.1 Å². The zero-order valence-corrected chi connectivity index (χ0v) is 12.3. The summed E-state index contributed by atoms with van der Waals surface area (Å²) in [6, 6.07) is 14.7. The minimum absolute atomic E-state index is 0.126. The van der Waals surface area contributed by atoms with Crippen LogP contribution in [0.15, 0.2) is 42.5 Å². The predicted octanol–water partition coefficient (Wildman–Crippen LogP) is 4.38. The average molecular weight is 275 g/mol. The molecule has 0 amide bonds. The summed E-state index contributed by atoms with van der Waals surface area (Å²) < 4.78 is 2.37. The minimum Gasteiger partial charge on any atom is -0.340 e. The molecule has 0 fully saturated rings. The first-order chi connectivity index (χ1) is 10.2. The Bertz CT molecular complexity index is 886. The zero-order chi connectivity index (χ0) is 14.6. The van der Waals surface area contributed by atoms with E-state index in [2.05, 4.69) is 41.8 Å². The van der Waals surface area contributed by atoms with Crippen molar-refractivity contribution in [3.05, 3.63) is 59.2 Å². The van der Waals surface area contributed by atoms with Crippen LogP contribution in [0.4, 0.5) is 0 Å². The summed E-state index contributed by atoms with van der Waals surface area (Å²) in [5, 5.41) is 1.26. The Morgan fingerprint density at radius 1 is 1.14 bits per heavy atom. The van der Waals surface area contributed by atoms with E-state index in [0.29, 0.717) is 0 Å². The maximum absolute atomic E-state index is 11.7. The van der Waals surface area contributed by atoms with E-state index in [1.165, 1.54) is 33.3 Å². The van der Waals surface area contributed by atoms with Crippen LogP contribution in [-0.2, 0) is 13.0 Å². The molecule has 0 spiro atoms. The van der Waals surface area contributed by atoms with Crippen molar-refractivity contribution < 1.29 is 4.79 Å². The molecule has 1 aliphatic heterocycles. The number of hydrogen-bond acceptors (Lipinski definition) is 1. The second-order valence-corrected chi connectivity index (χ2v) is 5.82. The third-order valence-electron chi connectivity index (χ3n) is 4.60. The standard InChI is InChI=1S/C19H17NO/c1-12-16-8-7-15(13(2)21)11-18(16)20-10-9-14-5-3-4-6-17(14)19(12)20/h3-8,11H,9-10H2,1-2H3. The van der Waals surface area contributed by atoms with E-state index in [9.17, 15) is 4.79 Å². The third kappa shape index (κ3) is 1.69. The number of Topliss-reactive ketones (excluding diaryl/α,β-unsaturated/α-hetero) is 1. The van der Waals surface area contributed by atoms with E-state index >= 15 is 0 Å². The van der Waals surface area contributed by atoms with E-state index in [0.717, 1.165) is 18.5 Å². The van der Waals surface area contributed by atoms with Crippen LogP contribution in [-0.4, -0.2) is 10.4 Å². The molecule has 0 radical (unpaired) electrons. The Kier molecular flexibility index (Phi) is 2.55.